The number of nitrogens with two attached hydrogens (primary N) is 1. The highest BCUT2D eigenvalue weighted by Crippen LogP contribution is 2.27. The predicted octanol–water partition coefficient (Wildman–Crippen LogP) is -2.86. The van der Waals surface area contributed by atoms with E-state index in [1.54, 1.807) is 0 Å². The molecule has 0 amide bonds. The molecule has 0 aromatic carbocycles. The van der Waals surface area contributed by atoms with E-state index in [0.717, 1.165) is 0 Å². The smallest absolute Gasteiger partial charge is 0.144 e. The quantitative estimate of drug-likeness (QED) is 0.322. The molecule has 0 saturated carbocycles. The third-order valence-corrected chi connectivity index (χ3v) is 2.30. The van der Waals surface area contributed by atoms with E-state index in [-0.39, 0.29) is 6.42 Å². The molecule has 13 heavy (non-hydrogen) atoms. The van der Waals surface area contributed by atoms with Gasteiger partial charge in [-0.3, -0.25) is 0 Å². The summed E-state index contributed by atoms with van der Waals surface area (Å²) in [6, 6.07) is 0. The van der Waals surface area contributed by atoms with Gasteiger partial charge in [-0.15, -0.1) is 0 Å². The Morgan fingerprint density at radius 2 is 1.85 bits per heavy atom. The van der Waals surface area contributed by atoms with E-state index >= 15 is 0 Å². The average Bonchev–Trinajstić information content (AvgIpc) is 2.11. The van der Waals surface area contributed by atoms with Crippen LogP contribution in [0.3, 0.4) is 0 Å². The Bertz CT molecular complexity index is 172. The van der Waals surface area contributed by atoms with Crippen LogP contribution in [-0.4, -0.2) is 57.7 Å². The Morgan fingerprint density at radius 1 is 1.31 bits per heavy atom. The van der Waals surface area contributed by atoms with Crippen molar-refractivity contribution in [1.29, 1.82) is 0 Å². The largest absolute Gasteiger partial charge is 0.393 e. The lowest BCUT2D eigenvalue weighted by molar-refractivity contribution is -0.251. The maximum absolute atomic E-state index is 9.46. The van der Waals surface area contributed by atoms with Crippen LogP contribution < -0.4 is 5.73 Å². The minimum absolute atomic E-state index is 0.0862. The Kier molecular flexibility index (Phi) is 3.23. The first-order valence-electron chi connectivity index (χ1n) is 4.07. The van der Waals surface area contributed by atoms with Crippen LogP contribution >= 0.6 is 0 Å². The zero-order valence-electron chi connectivity index (χ0n) is 7.13. The molecule has 1 aliphatic heterocycles. The Balaban J connectivity index is 2.80. The van der Waals surface area contributed by atoms with E-state index in [1.165, 1.54) is 0 Å². The van der Waals surface area contributed by atoms with Gasteiger partial charge in [-0.1, -0.05) is 0 Å². The van der Waals surface area contributed by atoms with Crippen LogP contribution in [0.5, 0.6) is 0 Å². The number of hydrogen-bond acceptors (Lipinski definition) is 6. The van der Waals surface area contributed by atoms with Gasteiger partial charge in [0.1, 0.15) is 17.9 Å². The lowest BCUT2D eigenvalue weighted by Gasteiger charge is -2.43. The fourth-order valence-electron chi connectivity index (χ4n) is 1.45. The maximum Gasteiger partial charge on any atom is 0.144 e. The maximum atomic E-state index is 9.46. The molecule has 0 radical (unpaired) electrons. The Hall–Kier alpha value is -0.240. The van der Waals surface area contributed by atoms with Gasteiger partial charge in [-0.05, 0) is 0 Å². The average molecular weight is 193 g/mol. The molecule has 3 atom stereocenters. The van der Waals surface area contributed by atoms with Crippen LogP contribution in [0.4, 0.5) is 0 Å². The second-order valence-electron chi connectivity index (χ2n) is 3.29. The van der Waals surface area contributed by atoms with Gasteiger partial charge >= 0.3 is 0 Å². The number of aliphatic hydroxyl groups excluding tert-OH is 4. The molecule has 0 aliphatic carbocycles. The van der Waals surface area contributed by atoms with Crippen LogP contribution in [0, 0.1) is 0 Å². The van der Waals surface area contributed by atoms with Crippen molar-refractivity contribution < 1.29 is 25.2 Å². The number of hydrogen-bond donors (Lipinski definition) is 5. The standard InChI is InChI=1S/C7H15NO5/c8-5-1-4(11)6(12)7(2-9,3-10)13-5/h4-6,9-12H,1-3,8H2. The van der Waals surface area contributed by atoms with Crippen molar-refractivity contribution in [2.75, 3.05) is 13.2 Å². The third-order valence-electron chi connectivity index (χ3n) is 2.30. The summed E-state index contributed by atoms with van der Waals surface area (Å²) in [6.45, 7) is -1.18. The molecule has 1 aliphatic rings. The van der Waals surface area contributed by atoms with Gasteiger partial charge in [0.25, 0.3) is 0 Å². The van der Waals surface area contributed by atoms with E-state index < -0.39 is 37.3 Å². The summed E-state index contributed by atoms with van der Waals surface area (Å²) in [5, 5.41) is 36.6. The zero-order chi connectivity index (χ0) is 10.1. The summed E-state index contributed by atoms with van der Waals surface area (Å²) in [4.78, 5) is 0. The molecule has 0 spiro atoms. The molecule has 1 fully saturated rings. The van der Waals surface area contributed by atoms with Crippen LogP contribution in [0.2, 0.25) is 0 Å². The van der Waals surface area contributed by atoms with E-state index in [4.69, 9.17) is 20.7 Å². The summed E-state index contributed by atoms with van der Waals surface area (Å²) in [6.07, 6.45) is -3.09. The highest BCUT2D eigenvalue weighted by atomic mass is 16.6. The fraction of sp³-hybridized carbons (Fsp3) is 1.00. The van der Waals surface area contributed by atoms with Gasteiger partial charge in [0.15, 0.2) is 0 Å². The van der Waals surface area contributed by atoms with Crippen LogP contribution in [0.15, 0.2) is 0 Å². The van der Waals surface area contributed by atoms with Crippen LogP contribution in [0.1, 0.15) is 6.42 Å². The van der Waals surface area contributed by atoms with Gasteiger partial charge < -0.3 is 30.9 Å². The zero-order valence-corrected chi connectivity index (χ0v) is 7.13. The molecule has 6 heteroatoms. The Labute approximate surface area is 75.6 Å². The van der Waals surface area contributed by atoms with E-state index in [0.29, 0.717) is 0 Å². The third kappa shape index (κ3) is 1.83. The molecule has 6 nitrogen and oxygen atoms in total. The van der Waals surface area contributed by atoms with Gasteiger partial charge in [0.2, 0.25) is 0 Å². The van der Waals surface area contributed by atoms with Crippen molar-refractivity contribution in [3.8, 4) is 0 Å². The summed E-state index contributed by atoms with van der Waals surface area (Å²) in [5.41, 5.74) is 3.85. The highest BCUT2D eigenvalue weighted by Gasteiger charge is 2.47. The Morgan fingerprint density at radius 3 is 2.31 bits per heavy atom. The van der Waals surface area contributed by atoms with Crippen molar-refractivity contribution in [3.05, 3.63) is 0 Å². The van der Waals surface area contributed by atoms with Crippen molar-refractivity contribution >= 4 is 0 Å². The minimum Gasteiger partial charge on any atom is -0.393 e. The summed E-state index contributed by atoms with van der Waals surface area (Å²) in [5.74, 6) is 0. The molecule has 1 heterocycles. The predicted molar refractivity (Wildman–Crippen MR) is 42.6 cm³/mol. The first-order valence-corrected chi connectivity index (χ1v) is 4.07. The lowest BCUT2D eigenvalue weighted by atomic mass is 9.89. The second kappa shape index (κ2) is 3.87. The minimum atomic E-state index is -1.54. The first-order chi connectivity index (χ1) is 6.05. The molecule has 0 aromatic heterocycles. The SMILES string of the molecule is NC1CC(O)C(O)C(CO)(CO)O1. The van der Waals surface area contributed by atoms with Crippen molar-refractivity contribution in [1.82, 2.24) is 0 Å². The molecule has 1 saturated heterocycles. The number of ether oxygens (including phenoxy) is 1. The molecule has 78 valence electrons. The molecule has 0 bridgehead atoms. The molecule has 3 unspecified atom stereocenters. The summed E-state index contributed by atoms with van der Waals surface area (Å²) in [7, 11) is 0. The van der Waals surface area contributed by atoms with E-state index in [2.05, 4.69) is 0 Å². The van der Waals surface area contributed by atoms with Crippen LogP contribution in [0.25, 0.3) is 0 Å². The van der Waals surface area contributed by atoms with Crippen molar-refractivity contribution in [3.63, 3.8) is 0 Å². The van der Waals surface area contributed by atoms with Crippen LogP contribution in [-0.2, 0) is 4.74 Å². The van der Waals surface area contributed by atoms with Crippen molar-refractivity contribution in [2.45, 2.75) is 30.5 Å². The van der Waals surface area contributed by atoms with Gasteiger partial charge in [0.05, 0.1) is 19.3 Å². The molecule has 6 N–H and O–H groups in total. The second-order valence-corrected chi connectivity index (χ2v) is 3.29. The fourth-order valence-corrected chi connectivity index (χ4v) is 1.45. The molecule has 1 rings (SSSR count). The van der Waals surface area contributed by atoms with Gasteiger partial charge in [0, 0.05) is 6.42 Å². The topological polar surface area (TPSA) is 116 Å². The molecular formula is C7H15NO5. The van der Waals surface area contributed by atoms with E-state index in [9.17, 15) is 10.2 Å². The first kappa shape index (κ1) is 10.8. The summed E-state index contributed by atoms with van der Waals surface area (Å²) >= 11 is 0. The lowest BCUT2D eigenvalue weighted by Crippen LogP contribution is -2.63. The number of rotatable bonds is 2. The molecular weight excluding hydrogens is 178 g/mol. The highest BCUT2D eigenvalue weighted by molar-refractivity contribution is 4.96. The van der Waals surface area contributed by atoms with Gasteiger partial charge in [-0.2, -0.15) is 0 Å². The van der Waals surface area contributed by atoms with Crippen molar-refractivity contribution in [2.24, 2.45) is 5.73 Å². The normalized spacial score (nSPS) is 39.0. The molecule has 0 aromatic rings. The monoisotopic (exact) mass is 193 g/mol. The number of aliphatic hydroxyl groups is 4. The summed E-state index contributed by atoms with van der Waals surface area (Å²) < 4.78 is 5.02. The van der Waals surface area contributed by atoms with Gasteiger partial charge in [-0.25, -0.2) is 0 Å². The van der Waals surface area contributed by atoms with E-state index in [1.807, 2.05) is 0 Å².